The quantitative estimate of drug-likeness (QED) is 0.0185. The fraction of sp³-hybridized carbons (Fsp3) is 0.224. The van der Waals surface area contributed by atoms with Crippen molar-refractivity contribution < 1.29 is 51.4 Å². The molecule has 1 unspecified atom stereocenters. The van der Waals surface area contributed by atoms with Crippen LogP contribution in [0.5, 0.6) is 23.1 Å². The van der Waals surface area contributed by atoms with E-state index in [0.717, 1.165) is 22.4 Å². The topological polar surface area (TPSA) is 237 Å². The largest absolute Gasteiger partial charge is 0.494 e. The number of nitrogens with zero attached hydrogens (tertiary/aromatic N) is 3. The maximum absolute atomic E-state index is 12.8. The summed E-state index contributed by atoms with van der Waals surface area (Å²) in [5.41, 5.74) is 7.42. The Morgan fingerprint density at radius 1 is 0.791 bits per heavy atom. The van der Waals surface area contributed by atoms with E-state index in [1.807, 2.05) is 60.7 Å². The van der Waals surface area contributed by atoms with Gasteiger partial charge in [-0.3, -0.25) is 19.6 Å². The van der Waals surface area contributed by atoms with Crippen molar-refractivity contribution in [3.63, 3.8) is 0 Å². The Morgan fingerprint density at radius 2 is 1.57 bits per heavy atom. The maximum Gasteiger partial charge on any atom is 0.326 e. The van der Waals surface area contributed by atoms with Gasteiger partial charge in [0, 0.05) is 42.8 Å². The van der Waals surface area contributed by atoms with Crippen LogP contribution < -0.4 is 35.0 Å². The van der Waals surface area contributed by atoms with Crippen LogP contribution in [0.3, 0.4) is 0 Å². The third kappa shape index (κ3) is 13.8. The molecular formula is C49H48N6O11S. The molecule has 5 N–H and O–H groups in total. The number of aliphatic carboxylic acids is 1. The number of anilines is 1. The molecule has 3 heterocycles. The minimum atomic E-state index is -4.42. The number of nitrogens with one attached hydrogen (secondary N) is 3. The SMILES string of the molecule is O=C(CCCCCOc1cc(-c2ccc3c(c2)OCO3)cc(-c2ccccc2)n1)NC(Cc1ccc(OCCCNC(=O)c2ccc(N/N=C/c3ccccc3S(=O)(=O)O)nc2)cc1)C(=O)O. The molecule has 2 amide bonds. The van der Waals surface area contributed by atoms with Crippen molar-refractivity contribution in [2.75, 3.05) is 32.0 Å². The summed E-state index contributed by atoms with van der Waals surface area (Å²) in [6, 6.07) is 34.3. The van der Waals surface area contributed by atoms with Gasteiger partial charge in [0.05, 0.1) is 30.7 Å². The Hall–Kier alpha value is -7.83. The Balaban J connectivity index is 0.781. The number of pyridine rings is 2. The summed E-state index contributed by atoms with van der Waals surface area (Å²) in [4.78, 5) is 46.1. The highest BCUT2D eigenvalue weighted by Crippen LogP contribution is 2.37. The van der Waals surface area contributed by atoms with Crippen molar-refractivity contribution >= 4 is 39.9 Å². The third-order valence-corrected chi connectivity index (χ3v) is 11.3. The zero-order valence-corrected chi connectivity index (χ0v) is 37.0. The van der Waals surface area contributed by atoms with Gasteiger partial charge in [0.25, 0.3) is 16.0 Å². The Kier molecular flexibility index (Phi) is 16.1. The second kappa shape index (κ2) is 22.9. The third-order valence-electron chi connectivity index (χ3n) is 10.4. The zero-order valence-electron chi connectivity index (χ0n) is 36.2. The summed E-state index contributed by atoms with van der Waals surface area (Å²) in [6.07, 6.45) is 5.28. The van der Waals surface area contributed by atoms with Gasteiger partial charge in [0.15, 0.2) is 11.5 Å². The lowest BCUT2D eigenvalue weighted by Gasteiger charge is -2.15. The van der Waals surface area contributed by atoms with Crippen LogP contribution in [0.25, 0.3) is 22.4 Å². The molecule has 6 aromatic rings. The molecule has 18 heteroatoms. The Morgan fingerprint density at radius 3 is 2.34 bits per heavy atom. The summed E-state index contributed by atoms with van der Waals surface area (Å²) >= 11 is 0. The molecule has 346 valence electrons. The van der Waals surface area contributed by atoms with Gasteiger partial charge in [-0.25, -0.2) is 14.8 Å². The van der Waals surface area contributed by atoms with Gasteiger partial charge in [-0.15, -0.1) is 0 Å². The summed E-state index contributed by atoms with van der Waals surface area (Å²) in [7, 11) is -4.42. The molecular weight excluding hydrogens is 881 g/mol. The van der Waals surface area contributed by atoms with Crippen LogP contribution in [0.1, 0.15) is 53.6 Å². The summed E-state index contributed by atoms with van der Waals surface area (Å²) in [6.45, 7) is 1.21. The molecule has 0 fully saturated rings. The van der Waals surface area contributed by atoms with E-state index in [9.17, 15) is 32.5 Å². The van der Waals surface area contributed by atoms with Crippen molar-refractivity contribution in [2.24, 2.45) is 5.10 Å². The Labute approximate surface area is 387 Å². The van der Waals surface area contributed by atoms with Gasteiger partial charge in [0.2, 0.25) is 18.6 Å². The minimum absolute atomic E-state index is 0.0925. The molecule has 1 aliphatic rings. The first-order valence-electron chi connectivity index (χ1n) is 21.4. The lowest BCUT2D eigenvalue weighted by Crippen LogP contribution is -2.42. The first-order valence-corrected chi connectivity index (χ1v) is 22.9. The number of fused-ring (bicyclic) bond motifs is 1. The number of carbonyl (C=O) groups is 3. The number of amides is 2. The first kappa shape index (κ1) is 47.1. The number of unbranched alkanes of at least 4 members (excludes halogenated alkanes) is 2. The van der Waals surface area contributed by atoms with Crippen molar-refractivity contribution in [3.05, 3.63) is 144 Å². The number of carboxylic acids is 1. The molecule has 2 aromatic heterocycles. The van der Waals surface area contributed by atoms with E-state index >= 15 is 0 Å². The maximum atomic E-state index is 12.8. The van der Waals surface area contributed by atoms with Crippen molar-refractivity contribution in [1.29, 1.82) is 0 Å². The number of carboxylic acid groups (broad SMARTS) is 1. The molecule has 4 aromatic carbocycles. The molecule has 0 aliphatic carbocycles. The molecule has 0 spiro atoms. The van der Waals surface area contributed by atoms with E-state index in [0.29, 0.717) is 85.5 Å². The molecule has 0 bridgehead atoms. The highest BCUT2D eigenvalue weighted by molar-refractivity contribution is 7.86. The number of ether oxygens (including phenoxy) is 4. The van der Waals surface area contributed by atoms with Gasteiger partial charge in [-0.1, -0.05) is 66.7 Å². The van der Waals surface area contributed by atoms with Crippen LogP contribution in [0.4, 0.5) is 5.82 Å². The van der Waals surface area contributed by atoms with Crippen molar-refractivity contribution in [1.82, 2.24) is 20.6 Å². The van der Waals surface area contributed by atoms with Crippen LogP contribution in [-0.2, 0) is 26.1 Å². The van der Waals surface area contributed by atoms with Gasteiger partial charge >= 0.3 is 5.97 Å². The van der Waals surface area contributed by atoms with E-state index in [4.69, 9.17) is 23.9 Å². The standard InChI is InChI=1S/C49H48N6O11S/c56-46(14-5-2-8-24-64-47-29-38(27-40(54-47)34-10-3-1-4-11-34)35-17-21-42-43(28-35)66-32-65-42)53-41(49(58)59)26-33-15-19-39(20-16-33)63-25-9-23-50-48(57)37-18-22-45(51-30-37)55-52-31-36-12-6-7-13-44(36)67(60,61)62/h1,3-4,6-7,10-13,15-22,27-31,41H,2,5,8-9,14,23-26,32H2,(H,50,57)(H,51,55)(H,53,56)(H,58,59)(H,60,61,62)/b52-31+. The van der Waals surface area contributed by atoms with E-state index in [2.05, 4.69) is 26.1 Å². The molecule has 17 nitrogen and oxygen atoms in total. The fourth-order valence-electron chi connectivity index (χ4n) is 6.89. The predicted molar refractivity (Wildman–Crippen MR) is 249 cm³/mol. The number of aromatic nitrogens is 2. The van der Waals surface area contributed by atoms with Gasteiger partial charge in [-0.2, -0.15) is 13.5 Å². The smallest absolute Gasteiger partial charge is 0.326 e. The monoisotopic (exact) mass is 928 g/mol. The zero-order chi connectivity index (χ0) is 47.0. The van der Waals surface area contributed by atoms with Crippen molar-refractivity contribution in [2.45, 2.75) is 49.5 Å². The summed E-state index contributed by atoms with van der Waals surface area (Å²) < 4.78 is 55.4. The van der Waals surface area contributed by atoms with Gasteiger partial charge in [-0.05, 0) is 90.9 Å². The van der Waals surface area contributed by atoms with E-state index in [1.165, 1.54) is 36.7 Å². The summed E-state index contributed by atoms with van der Waals surface area (Å²) in [5, 5.41) is 19.3. The molecule has 1 aliphatic heterocycles. The van der Waals surface area contributed by atoms with Gasteiger partial charge < -0.3 is 34.7 Å². The summed E-state index contributed by atoms with van der Waals surface area (Å²) in [5.74, 6) is 0.910. The van der Waals surface area contributed by atoms with Crippen LogP contribution in [0.2, 0.25) is 0 Å². The molecule has 0 saturated carbocycles. The number of benzene rings is 4. The highest BCUT2D eigenvalue weighted by Gasteiger charge is 2.21. The minimum Gasteiger partial charge on any atom is -0.494 e. The number of hydrazone groups is 1. The van der Waals surface area contributed by atoms with Crippen LogP contribution >= 0.6 is 0 Å². The second-order valence-corrected chi connectivity index (χ2v) is 16.6. The van der Waals surface area contributed by atoms with E-state index < -0.39 is 22.1 Å². The Bertz CT molecular complexity index is 2790. The molecule has 0 saturated heterocycles. The van der Waals surface area contributed by atoms with Gasteiger partial charge in [0.1, 0.15) is 22.5 Å². The average Bonchev–Trinajstić information content (AvgIpc) is 3.81. The lowest BCUT2D eigenvalue weighted by molar-refractivity contribution is -0.141. The fourth-order valence-corrected chi connectivity index (χ4v) is 7.56. The van der Waals surface area contributed by atoms with Crippen LogP contribution in [0.15, 0.2) is 138 Å². The van der Waals surface area contributed by atoms with E-state index in [-0.39, 0.29) is 41.9 Å². The predicted octanol–water partition coefficient (Wildman–Crippen LogP) is 7.18. The van der Waals surface area contributed by atoms with Crippen molar-refractivity contribution in [3.8, 4) is 45.5 Å². The van der Waals surface area contributed by atoms with Crippen LogP contribution in [0, 0.1) is 0 Å². The molecule has 1 atom stereocenters. The number of carbonyl (C=O) groups excluding carboxylic acids is 2. The lowest BCUT2D eigenvalue weighted by atomic mass is 10.0. The highest BCUT2D eigenvalue weighted by atomic mass is 32.2. The van der Waals surface area contributed by atoms with Crippen LogP contribution in [-0.4, -0.2) is 84.6 Å². The average molecular weight is 929 g/mol. The molecule has 7 rings (SSSR count). The van der Waals surface area contributed by atoms with E-state index in [1.54, 1.807) is 36.4 Å². The second-order valence-electron chi connectivity index (χ2n) is 15.3. The first-order chi connectivity index (χ1) is 32.5. The normalized spacial score (nSPS) is 12.3. The number of rotatable bonds is 23. The molecule has 67 heavy (non-hydrogen) atoms. The molecule has 0 radical (unpaired) electrons. The number of hydrogen-bond acceptors (Lipinski definition) is 13. The number of hydrogen-bond donors (Lipinski definition) is 5.